The van der Waals surface area contributed by atoms with Crippen molar-refractivity contribution < 1.29 is 14.5 Å². The van der Waals surface area contributed by atoms with Crippen molar-refractivity contribution >= 4 is 17.3 Å². The van der Waals surface area contributed by atoms with E-state index in [2.05, 4.69) is 5.32 Å². The number of carbonyl (C=O) groups is 1. The highest BCUT2D eigenvalue weighted by Crippen LogP contribution is 2.18. The molecule has 0 saturated heterocycles. The molecule has 0 aromatic heterocycles. The van der Waals surface area contributed by atoms with Crippen LogP contribution < -0.4 is 10.1 Å². The minimum atomic E-state index is -0.716. The van der Waals surface area contributed by atoms with E-state index in [0.717, 1.165) is 0 Å². The summed E-state index contributed by atoms with van der Waals surface area (Å²) in [6.45, 7) is 1.61. The molecule has 0 aliphatic heterocycles. The maximum Gasteiger partial charge on any atom is 0.269 e. The third-order valence-corrected chi connectivity index (χ3v) is 2.77. The number of nitrogens with one attached hydrogen (secondary N) is 1. The van der Waals surface area contributed by atoms with Crippen LogP contribution in [0, 0.1) is 10.1 Å². The van der Waals surface area contributed by atoms with E-state index in [1.165, 1.54) is 24.3 Å². The highest BCUT2D eigenvalue weighted by Gasteiger charge is 2.15. The Labute approximate surface area is 121 Å². The van der Waals surface area contributed by atoms with Gasteiger partial charge in [0, 0.05) is 17.8 Å². The zero-order chi connectivity index (χ0) is 15.2. The molecule has 2 aromatic carbocycles. The van der Waals surface area contributed by atoms with Gasteiger partial charge in [0.05, 0.1) is 4.92 Å². The molecule has 0 radical (unpaired) electrons. The maximum absolute atomic E-state index is 11.9. The quantitative estimate of drug-likeness (QED) is 0.676. The van der Waals surface area contributed by atoms with Crippen LogP contribution in [0.1, 0.15) is 6.92 Å². The lowest BCUT2D eigenvalue weighted by Crippen LogP contribution is -2.30. The van der Waals surface area contributed by atoms with Crippen LogP contribution in [0.5, 0.6) is 5.75 Å². The number of nitro groups is 1. The summed E-state index contributed by atoms with van der Waals surface area (Å²) < 4.78 is 5.45. The van der Waals surface area contributed by atoms with Crippen molar-refractivity contribution in [2.24, 2.45) is 0 Å². The number of benzene rings is 2. The molecule has 2 rings (SSSR count). The average molecular weight is 286 g/mol. The lowest BCUT2D eigenvalue weighted by molar-refractivity contribution is -0.384. The standard InChI is InChI=1S/C15H14N2O4/c1-11(15(18)16-12-5-3-2-4-6-12)21-14-9-7-13(8-10-14)17(19)20/h2-11H,1H3,(H,16,18)/t11-/m1/s1. The lowest BCUT2D eigenvalue weighted by Gasteiger charge is -2.14. The number of rotatable bonds is 5. The van der Waals surface area contributed by atoms with Crippen LogP contribution in [0.4, 0.5) is 11.4 Å². The van der Waals surface area contributed by atoms with Gasteiger partial charge in [0.25, 0.3) is 11.6 Å². The molecule has 0 bridgehead atoms. The molecule has 1 amide bonds. The molecule has 6 nitrogen and oxygen atoms in total. The van der Waals surface area contributed by atoms with Crippen molar-refractivity contribution in [3.05, 3.63) is 64.7 Å². The Balaban J connectivity index is 1.95. The normalized spacial score (nSPS) is 11.5. The molecule has 6 heteroatoms. The van der Waals surface area contributed by atoms with E-state index in [1.807, 2.05) is 18.2 Å². The van der Waals surface area contributed by atoms with Crippen molar-refractivity contribution in [1.82, 2.24) is 0 Å². The highest BCUT2D eigenvalue weighted by atomic mass is 16.6. The summed E-state index contributed by atoms with van der Waals surface area (Å²) in [5.41, 5.74) is 0.658. The van der Waals surface area contributed by atoms with Crippen LogP contribution in [0.15, 0.2) is 54.6 Å². The van der Waals surface area contributed by atoms with Gasteiger partial charge in [-0.3, -0.25) is 14.9 Å². The Bertz CT molecular complexity index is 626. The van der Waals surface area contributed by atoms with E-state index in [-0.39, 0.29) is 11.6 Å². The van der Waals surface area contributed by atoms with Crippen LogP contribution in [0.3, 0.4) is 0 Å². The van der Waals surface area contributed by atoms with E-state index in [0.29, 0.717) is 11.4 Å². The van der Waals surface area contributed by atoms with Gasteiger partial charge in [-0.1, -0.05) is 18.2 Å². The van der Waals surface area contributed by atoms with E-state index >= 15 is 0 Å². The fourth-order valence-corrected chi connectivity index (χ4v) is 1.67. The topological polar surface area (TPSA) is 81.5 Å². The molecule has 21 heavy (non-hydrogen) atoms. The number of nitrogens with zero attached hydrogens (tertiary/aromatic N) is 1. The summed E-state index contributed by atoms with van der Waals surface area (Å²) in [6.07, 6.45) is -0.716. The fourth-order valence-electron chi connectivity index (χ4n) is 1.67. The lowest BCUT2D eigenvalue weighted by atomic mass is 10.3. The first kappa shape index (κ1) is 14.5. The van der Waals surface area contributed by atoms with Gasteiger partial charge in [-0.15, -0.1) is 0 Å². The van der Waals surface area contributed by atoms with Crippen LogP contribution in [0.2, 0.25) is 0 Å². The number of carbonyl (C=O) groups excluding carboxylic acids is 1. The minimum absolute atomic E-state index is 0.0243. The third kappa shape index (κ3) is 4.04. The van der Waals surface area contributed by atoms with E-state index < -0.39 is 11.0 Å². The largest absolute Gasteiger partial charge is 0.481 e. The molecule has 2 aromatic rings. The summed E-state index contributed by atoms with van der Waals surface area (Å²) in [4.78, 5) is 22.0. The molecular weight excluding hydrogens is 272 g/mol. The molecule has 1 atom stereocenters. The first-order chi connectivity index (χ1) is 10.1. The maximum atomic E-state index is 11.9. The monoisotopic (exact) mass is 286 g/mol. The predicted octanol–water partition coefficient (Wildman–Crippen LogP) is 3.00. The zero-order valence-corrected chi connectivity index (χ0v) is 11.4. The second-order valence-corrected chi connectivity index (χ2v) is 4.37. The second-order valence-electron chi connectivity index (χ2n) is 4.37. The van der Waals surface area contributed by atoms with Crippen molar-refractivity contribution in [2.45, 2.75) is 13.0 Å². The highest BCUT2D eigenvalue weighted by molar-refractivity contribution is 5.94. The number of para-hydroxylation sites is 1. The van der Waals surface area contributed by atoms with Gasteiger partial charge in [0.2, 0.25) is 0 Å². The van der Waals surface area contributed by atoms with Gasteiger partial charge in [-0.25, -0.2) is 0 Å². The van der Waals surface area contributed by atoms with Crippen LogP contribution >= 0.6 is 0 Å². The van der Waals surface area contributed by atoms with Crippen LogP contribution in [-0.2, 0) is 4.79 Å². The van der Waals surface area contributed by atoms with E-state index in [9.17, 15) is 14.9 Å². The number of non-ortho nitro benzene ring substituents is 1. The number of amides is 1. The molecule has 0 heterocycles. The summed E-state index contributed by atoms with van der Waals surface area (Å²) in [7, 11) is 0. The smallest absolute Gasteiger partial charge is 0.269 e. The number of hydrogen-bond donors (Lipinski definition) is 1. The summed E-state index contributed by atoms with van der Waals surface area (Å²) in [6, 6.07) is 14.6. The average Bonchev–Trinajstić information content (AvgIpc) is 2.48. The van der Waals surface area contributed by atoms with Gasteiger partial charge in [0.15, 0.2) is 6.10 Å². The summed E-state index contributed by atoms with van der Waals surface area (Å²) in [5.74, 6) is 0.107. The zero-order valence-electron chi connectivity index (χ0n) is 11.4. The molecule has 0 aliphatic carbocycles. The molecule has 0 saturated carbocycles. The Kier molecular flexibility index (Phi) is 4.50. The van der Waals surface area contributed by atoms with Gasteiger partial charge < -0.3 is 10.1 Å². The Hall–Kier alpha value is -2.89. The molecule has 0 fully saturated rings. The first-order valence-corrected chi connectivity index (χ1v) is 6.33. The van der Waals surface area contributed by atoms with E-state index in [4.69, 9.17) is 4.74 Å². The van der Waals surface area contributed by atoms with Crippen molar-refractivity contribution in [3.63, 3.8) is 0 Å². The number of anilines is 1. The summed E-state index contributed by atoms with van der Waals surface area (Å²) >= 11 is 0. The molecule has 0 aliphatic rings. The Morgan fingerprint density at radius 1 is 1.14 bits per heavy atom. The third-order valence-electron chi connectivity index (χ3n) is 2.77. The first-order valence-electron chi connectivity index (χ1n) is 6.33. The van der Waals surface area contributed by atoms with Crippen LogP contribution in [0.25, 0.3) is 0 Å². The number of hydrogen-bond acceptors (Lipinski definition) is 4. The predicted molar refractivity (Wildman–Crippen MR) is 78.3 cm³/mol. The molecule has 108 valence electrons. The number of ether oxygens (including phenoxy) is 1. The summed E-state index contributed by atoms with van der Waals surface area (Å²) in [5, 5.41) is 13.3. The van der Waals surface area contributed by atoms with Gasteiger partial charge in [-0.05, 0) is 31.2 Å². The SMILES string of the molecule is C[C@@H](Oc1ccc([N+](=O)[O-])cc1)C(=O)Nc1ccccc1. The molecular formula is C15H14N2O4. The Morgan fingerprint density at radius 3 is 2.33 bits per heavy atom. The van der Waals surface area contributed by atoms with Gasteiger partial charge >= 0.3 is 0 Å². The van der Waals surface area contributed by atoms with Gasteiger partial charge in [-0.2, -0.15) is 0 Å². The molecule has 0 unspecified atom stereocenters. The number of nitro benzene ring substituents is 1. The van der Waals surface area contributed by atoms with Crippen molar-refractivity contribution in [3.8, 4) is 5.75 Å². The Morgan fingerprint density at radius 2 is 1.76 bits per heavy atom. The fraction of sp³-hybridized carbons (Fsp3) is 0.133. The molecule has 1 N–H and O–H groups in total. The van der Waals surface area contributed by atoms with Crippen LogP contribution in [-0.4, -0.2) is 16.9 Å². The minimum Gasteiger partial charge on any atom is -0.481 e. The van der Waals surface area contributed by atoms with Crippen molar-refractivity contribution in [2.75, 3.05) is 5.32 Å². The second kappa shape index (κ2) is 6.51. The van der Waals surface area contributed by atoms with E-state index in [1.54, 1.807) is 19.1 Å². The molecule has 0 spiro atoms. The van der Waals surface area contributed by atoms with Crippen molar-refractivity contribution in [1.29, 1.82) is 0 Å². The van der Waals surface area contributed by atoms with Gasteiger partial charge in [0.1, 0.15) is 5.75 Å².